The number of rotatable bonds is 10. The van der Waals surface area contributed by atoms with Crippen LogP contribution in [0.15, 0.2) is 0 Å². The summed E-state index contributed by atoms with van der Waals surface area (Å²) in [5.74, 6) is 0. The number of hydrogen-bond acceptors (Lipinski definition) is 5. The number of hydrogen-bond donors (Lipinski definition) is 0. The van der Waals surface area contributed by atoms with Crippen LogP contribution in [0.5, 0.6) is 0 Å². The third kappa shape index (κ3) is 5.42. The second-order valence-corrected chi connectivity index (χ2v) is 11.8. The molecule has 0 spiro atoms. The highest BCUT2D eigenvalue weighted by atomic mass is 28.4. The average Bonchev–Trinajstić information content (AvgIpc) is 2.43. The second-order valence-electron chi connectivity index (χ2n) is 5.47. The van der Waals surface area contributed by atoms with Crippen molar-refractivity contribution in [3.05, 3.63) is 0 Å². The summed E-state index contributed by atoms with van der Waals surface area (Å²) in [6.07, 6.45) is 3.27. The number of nitrogens with zero attached hydrogens (tertiary/aromatic N) is 1. The van der Waals surface area contributed by atoms with Gasteiger partial charge in [0.1, 0.15) is 0 Å². The van der Waals surface area contributed by atoms with Gasteiger partial charge >= 0.3 is 8.80 Å². The zero-order chi connectivity index (χ0) is 15.8. The van der Waals surface area contributed by atoms with Crippen LogP contribution in [-0.2, 0) is 17.7 Å². The van der Waals surface area contributed by atoms with Gasteiger partial charge in [-0.15, -0.1) is 0 Å². The van der Waals surface area contributed by atoms with E-state index in [4.69, 9.17) is 17.7 Å². The first-order chi connectivity index (χ1) is 10.1. The topological polar surface area (TPSA) is 40.2 Å². The normalized spacial score (nSPS) is 24.4. The summed E-state index contributed by atoms with van der Waals surface area (Å²) < 4.78 is 26.7. The zero-order valence-electron chi connectivity index (χ0n) is 14.4. The summed E-state index contributed by atoms with van der Waals surface area (Å²) in [5, 5.41) is 0. The van der Waals surface area contributed by atoms with Gasteiger partial charge in [-0.3, -0.25) is 4.57 Å². The lowest BCUT2D eigenvalue weighted by molar-refractivity contribution is 0.0601. The van der Waals surface area contributed by atoms with Crippen LogP contribution in [0.4, 0.5) is 0 Å². The van der Waals surface area contributed by atoms with E-state index in [0.29, 0.717) is 19.8 Å². The molecule has 1 fully saturated rings. The molecule has 1 atom stereocenters. The van der Waals surface area contributed by atoms with E-state index < -0.39 is 17.3 Å². The van der Waals surface area contributed by atoms with Gasteiger partial charge < -0.3 is 17.7 Å². The molecule has 1 heterocycles. The van der Waals surface area contributed by atoms with Gasteiger partial charge in [-0.2, -0.15) is 0 Å². The van der Waals surface area contributed by atoms with Crippen molar-refractivity contribution in [3.63, 3.8) is 0 Å². The first-order valence-electron chi connectivity index (χ1n) is 8.36. The van der Waals surface area contributed by atoms with Crippen LogP contribution in [-0.4, -0.2) is 61.0 Å². The first-order valence-corrected chi connectivity index (χ1v) is 12.9. The Hall–Kier alpha value is 0.234. The van der Waals surface area contributed by atoms with Crippen molar-refractivity contribution in [2.24, 2.45) is 0 Å². The Morgan fingerprint density at radius 3 is 1.95 bits per heavy atom. The van der Waals surface area contributed by atoms with Crippen LogP contribution in [0.3, 0.4) is 0 Å². The molecule has 0 saturated carbocycles. The summed E-state index contributed by atoms with van der Waals surface area (Å²) >= 11 is 0. The fourth-order valence-corrected chi connectivity index (χ4v) is 10.2. The van der Waals surface area contributed by atoms with Gasteiger partial charge in [0, 0.05) is 26.4 Å². The van der Waals surface area contributed by atoms with Crippen molar-refractivity contribution in [3.8, 4) is 0 Å². The predicted molar refractivity (Wildman–Crippen MR) is 89.5 cm³/mol. The molecule has 0 aromatic rings. The summed E-state index contributed by atoms with van der Waals surface area (Å²) in [7, 11) is -4.45. The Balaban J connectivity index is 2.87. The van der Waals surface area contributed by atoms with Gasteiger partial charge in [-0.05, 0) is 53.3 Å². The lowest BCUT2D eigenvalue weighted by Gasteiger charge is -2.44. The molecule has 0 radical (unpaired) electrons. The maximum absolute atomic E-state index is 6.18. The highest BCUT2D eigenvalue weighted by molar-refractivity contribution is 6.72. The lowest BCUT2D eigenvalue weighted by atomic mass is 10.3. The minimum atomic E-state index is -2.62. The average molecular weight is 336 g/mol. The molecule has 21 heavy (non-hydrogen) atoms. The largest absolute Gasteiger partial charge is 0.515 e. The Labute approximate surface area is 132 Å². The molecule has 1 unspecified atom stereocenters. The molecule has 0 aromatic heterocycles. The van der Waals surface area contributed by atoms with Gasteiger partial charge in [0.25, 0.3) is 8.48 Å². The van der Waals surface area contributed by atoms with Crippen molar-refractivity contribution < 1.29 is 17.7 Å². The smallest absolute Gasteiger partial charge is 0.403 e. The maximum Gasteiger partial charge on any atom is 0.515 e. The third-order valence-corrected chi connectivity index (χ3v) is 11.1. The van der Waals surface area contributed by atoms with E-state index in [1.807, 2.05) is 20.8 Å². The van der Waals surface area contributed by atoms with Crippen molar-refractivity contribution >= 4 is 17.3 Å². The molecule has 1 aliphatic heterocycles. The van der Waals surface area contributed by atoms with E-state index in [9.17, 15) is 0 Å². The van der Waals surface area contributed by atoms with Crippen molar-refractivity contribution in [1.82, 2.24) is 4.57 Å². The monoisotopic (exact) mass is 335 g/mol. The molecule has 0 aromatic carbocycles. The van der Waals surface area contributed by atoms with Crippen LogP contribution >= 0.6 is 0 Å². The summed E-state index contributed by atoms with van der Waals surface area (Å²) in [6.45, 7) is 14.2. The van der Waals surface area contributed by atoms with E-state index in [-0.39, 0.29) is 0 Å². The van der Waals surface area contributed by atoms with Gasteiger partial charge in [-0.1, -0.05) is 6.42 Å². The molecule has 5 nitrogen and oxygen atoms in total. The quantitative estimate of drug-likeness (QED) is 0.574. The van der Waals surface area contributed by atoms with E-state index in [2.05, 4.69) is 18.0 Å². The maximum atomic E-state index is 6.18. The van der Waals surface area contributed by atoms with Crippen molar-refractivity contribution in [2.75, 3.05) is 39.1 Å². The molecular weight excluding hydrogens is 302 g/mol. The van der Waals surface area contributed by atoms with Crippen molar-refractivity contribution in [2.45, 2.75) is 53.1 Å². The van der Waals surface area contributed by atoms with Crippen LogP contribution in [0.25, 0.3) is 0 Å². The Morgan fingerprint density at radius 1 is 0.905 bits per heavy atom. The Bertz CT molecular complexity index is 275. The minimum absolute atomic E-state index is 0.632. The lowest BCUT2D eigenvalue weighted by Crippen LogP contribution is -2.64. The molecule has 0 amide bonds. The van der Waals surface area contributed by atoms with Crippen LogP contribution in [0, 0.1) is 0 Å². The van der Waals surface area contributed by atoms with E-state index in [0.717, 1.165) is 19.3 Å². The zero-order valence-corrected chi connectivity index (χ0v) is 16.4. The van der Waals surface area contributed by atoms with Gasteiger partial charge in [-0.25, -0.2) is 0 Å². The Morgan fingerprint density at radius 2 is 1.48 bits per heavy atom. The van der Waals surface area contributed by atoms with Gasteiger partial charge in [0.05, 0.1) is 6.17 Å². The fourth-order valence-electron chi connectivity index (χ4n) is 3.03. The molecule has 1 rings (SSSR count). The van der Waals surface area contributed by atoms with E-state index >= 15 is 0 Å². The second kappa shape index (κ2) is 9.39. The standard InChI is InChI=1S/C14H33NO4Si2/c1-6-16-20(5)13-11-10-12-15(20)14-21(17-7-2,18-8-3)19-9-4/h6-14H2,1-5H3. The molecule has 1 saturated heterocycles. The summed E-state index contributed by atoms with van der Waals surface area (Å²) in [4.78, 5) is 0. The summed E-state index contributed by atoms with van der Waals surface area (Å²) in [6, 6.07) is 1.19. The minimum Gasteiger partial charge on any atom is -0.403 e. The highest BCUT2D eigenvalue weighted by Crippen LogP contribution is 2.28. The first kappa shape index (κ1) is 19.3. The van der Waals surface area contributed by atoms with E-state index in [1.165, 1.54) is 18.9 Å². The molecule has 126 valence electrons. The SMILES string of the molecule is CCO[Si](CN1CCCC[Si]1(C)OCC)(OCC)OCC. The van der Waals surface area contributed by atoms with Gasteiger partial charge in [0.2, 0.25) is 0 Å². The predicted octanol–water partition coefficient (Wildman–Crippen LogP) is 2.78. The highest BCUT2D eigenvalue weighted by Gasteiger charge is 2.49. The van der Waals surface area contributed by atoms with Crippen LogP contribution < -0.4 is 0 Å². The van der Waals surface area contributed by atoms with E-state index in [1.54, 1.807) is 0 Å². The fraction of sp³-hybridized carbons (Fsp3) is 1.00. The van der Waals surface area contributed by atoms with Gasteiger partial charge in [0.15, 0.2) is 0 Å². The summed E-state index contributed by atoms with van der Waals surface area (Å²) in [5.41, 5.74) is 0. The Kier molecular flexibility index (Phi) is 8.62. The van der Waals surface area contributed by atoms with Crippen molar-refractivity contribution in [1.29, 1.82) is 0 Å². The molecule has 0 N–H and O–H groups in total. The molecule has 0 aliphatic carbocycles. The molecule has 7 heteroatoms. The molecule has 1 aliphatic rings. The molecular formula is C14H33NO4Si2. The third-order valence-electron chi connectivity index (χ3n) is 3.92. The van der Waals surface area contributed by atoms with Crippen LogP contribution in [0.1, 0.15) is 40.5 Å². The van der Waals surface area contributed by atoms with Crippen LogP contribution in [0.2, 0.25) is 12.6 Å². The molecule has 0 bridgehead atoms.